The Balaban J connectivity index is 1.98. The zero-order chi connectivity index (χ0) is 11.1. The van der Waals surface area contributed by atoms with Crippen LogP contribution in [0.1, 0.15) is 12.2 Å². The van der Waals surface area contributed by atoms with E-state index in [2.05, 4.69) is 37.7 Å². The molecule has 0 saturated carbocycles. The molecule has 0 amide bonds. The maximum atomic E-state index is 9.58. The van der Waals surface area contributed by atoms with Gasteiger partial charge in [-0.05, 0) is 34.5 Å². The number of imidazole rings is 1. The lowest BCUT2D eigenvalue weighted by Gasteiger charge is -2.18. The minimum absolute atomic E-state index is 0.224. The smallest absolute Gasteiger partial charge is 0.112 e. The highest BCUT2D eigenvalue weighted by Crippen LogP contribution is 2.31. The summed E-state index contributed by atoms with van der Waals surface area (Å²) >= 11 is 5.14. The average Bonchev–Trinajstić information content (AvgIpc) is 2.83. The lowest BCUT2D eigenvalue weighted by Crippen LogP contribution is -2.22. The van der Waals surface area contributed by atoms with Crippen LogP contribution in [-0.2, 0) is 13.0 Å². The average molecular weight is 299 g/mol. The first-order valence-electron chi connectivity index (χ1n) is 5.22. The molecule has 0 bridgehead atoms. The van der Waals surface area contributed by atoms with Crippen LogP contribution in [0.5, 0.6) is 0 Å². The minimum atomic E-state index is -0.224. The zero-order valence-corrected chi connectivity index (χ0v) is 11.0. The summed E-state index contributed by atoms with van der Waals surface area (Å²) in [5, 5.41) is 9.58. The Morgan fingerprint density at radius 1 is 1.50 bits per heavy atom. The van der Waals surface area contributed by atoms with Crippen molar-refractivity contribution in [1.82, 2.24) is 9.55 Å². The molecular weight excluding hydrogens is 288 g/mol. The number of halogens is 1. The molecule has 0 fully saturated rings. The zero-order valence-electron chi connectivity index (χ0n) is 8.56. The van der Waals surface area contributed by atoms with Crippen molar-refractivity contribution in [2.24, 2.45) is 0 Å². The first-order valence-corrected chi connectivity index (χ1v) is 6.83. The quantitative estimate of drug-likeness (QED) is 0.879. The number of rotatable bonds is 1. The third kappa shape index (κ3) is 1.83. The number of fused-ring (bicyclic) bond motifs is 1. The van der Waals surface area contributed by atoms with Crippen molar-refractivity contribution in [3.63, 3.8) is 0 Å². The molecule has 0 radical (unpaired) electrons. The maximum Gasteiger partial charge on any atom is 0.112 e. The van der Waals surface area contributed by atoms with Gasteiger partial charge in [0.25, 0.3) is 0 Å². The molecule has 2 aromatic rings. The van der Waals surface area contributed by atoms with Crippen LogP contribution in [0.25, 0.3) is 10.6 Å². The SMILES string of the molecule is OC1CCn2cc(-c3ccc(Br)s3)nc2C1. The van der Waals surface area contributed by atoms with E-state index < -0.39 is 0 Å². The molecule has 1 aliphatic heterocycles. The third-order valence-corrected chi connectivity index (χ3v) is 4.45. The van der Waals surface area contributed by atoms with E-state index in [1.807, 2.05) is 6.07 Å². The summed E-state index contributed by atoms with van der Waals surface area (Å²) in [5.74, 6) is 0.998. The fraction of sp³-hybridized carbons (Fsp3) is 0.364. The van der Waals surface area contributed by atoms with Gasteiger partial charge < -0.3 is 9.67 Å². The Morgan fingerprint density at radius 2 is 2.38 bits per heavy atom. The standard InChI is InChI=1S/C11H11BrN2OS/c12-10-2-1-9(16-10)8-6-14-4-3-7(15)5-11(14)13-8/h1-2,6-7,15H,3-5H2. The van der Waals surface area contributed by atoms with Crippen molar-refractivity contribution >= 4 is 27.3 Å². The lowest BCUT2D eigenvalue weighted by atomic mass is 10.1. The van der Waals surface area contributed by atoms with Crippen LogP contribution in [0.2, 0.25) is 0 Å². The van der Waals surface area contributed by atoms with E-state index in [0.29, 0.717) is 6.42 Å². The molecule has 1 aliphatic rings. The van der Waals surface area contributed by atoms with Gasteiger partial charge in [-0.25, -0.2) is 4.98 Å². The van der Waals surface area contributed by atoms with Gasteiger partial charge in [-0.2, -0.15) is 0 Å². The van der Waals surface area contributed by atoms with Gasteiger partial charge in [0.2, 0.25) is 0 Å². The summed E-state index contributed by atoms with van der Waals surface area (Å²) in [7, 11) is 0. The largest absolute Gasteiger partial charge is 0.393 e. The van der Waals surface area contributed by atoms with E-state index in [1.165, 1.54) is 4.88 Å². The number of aliphatic hydroxyl groups excluding tert-OH is 1. The molecule has 1 atom stereocenters. The van der Waals surface area contributed by atoms with Gasteiger partial charge in [-0.3, -0.25) is 0 Å². The molecule has 16 heavy (non-hydrogen) atoms. The van der Waals surface area contributed by atoms with Gasteiger partial charge in [0, 0.05) is 19.2 Å². The summed E-state index contributed by atoms with van der Waals surface area (Å²) in [6, 6.07) is 4.10. The predicted octanol–water partition coefficient (Wildman–Crippen LogP) is 2.68. The minimum Gasteiger partial charge on any atom is -0.393 e. The molecule has 1 N–H and O–H groups in total. The van der Waals surface area contributed by atoms with Crippen molar-refractivity contribution in [2.45, 2.75) is 25.5 Å². The predicted molar refractivity (Wildman–Crippen MR) is 67.6 cm³/mol. The number of aliphatic hydroxyl groups is 1. The molecular formula is C11H11BrN2OS. The van der Waals surface area contributed by atoms with Crippen molar-refractivity contribution in [3.05, 3.63) is 27.9 Å². The summed E-state index contributed by atoms with van der Waals surface area (Å²) in [4.78, 5) is 5.75. The number of aryl methyl sites for hydroxylation is 1. The Hall–Kier alpha value is -0.650. The van der Waals surface area contributed by atoms with Crippen LogP contribution in [0.15, 0.2) is 22.1 Å². The highest BCUT2D eigenvalue weighted by atomic mass is 79.9. The summed E-state index contributed by atoms with van der Waals surface area (Å²) in [6.45, 7) is 0.871. The topological polar surface area (TPSA) is 38.0 Å². The van der Waals surface area contributed by atoms with Gasteiger partial charge in [0.1, 0.15) is 5.82 Å². The fourth-order valence-electron chi connectivity index (χ4n) is 1.98. The first-order chi connectivity index (χ1) is 7.72. The maximum absolute atomic E-state index is 9.58. The van der Waals surface area contributed by atoms with Crippen LogP contribution in [-0.4, -0.2) is 20.8 Å². The number of nitrogens with zero attached hydrogens (tertiary/aromatic N) is 2. The third-order valence-electron chi connectivity index (χ3n) is 2.81. The molecule has 0 spiro atoms. The number of thiophene rings is 1. The summed E-state index contributed by atoms with van der Waals surface area (Å²) in [5.41, 5.74) is 1.01. The van der Waals surface area contributed by atoms with Gasteiger partial charge in [0.15, 0.2) is 0 Å². The Labute approximate surface area is 106 Å². The molecule has 0 saturated heterocycles. The lowest BCUT2D eigenvalue weighted by molar-refractivity contribution is 0.141. The van der Waals surface area contributed by atoms with Gasteiger partial charge >= 0.3 is 0 Å². The van der Waals surface area contributed by atoms with Gasteiger partial charge in [-0.1, -0.05) is 0 Å². The van der Waals surface area contributed by atoms with E-state index in [1.54, 1.807) is 11.3 Å². The second kappa shape index (κ2) is 3.98. The van der Waals surface area contributed by atoms with Crippen molar-refractivity contribution in [2.75, 3.05) is 0 Å². The molecule has 2 aromatic heterocycles. The van der Waals surface area contributed by atoms with Crippen LogP contribution in [0.4, 0.5) is 0 Å². The second-order valence-corrected chi connectivity index (χ2v) is 6.45. The van der Waals surface area contributed by atoms with Gasteiger partial charge in [-0.15, -0.1) is 11.3 Å². The van der Waals surface area contributed by atoms with Crippen LogP contribution < -0.4 is 0 Å². The fourth-order valence-corrected chi connectivity index (χ4v) is 3.32. The monoisotopic (exact) mass is 298 g/mol. The molecule has 0 aliphatic carbocycles. The Morgan fingerprint density at radius 3 is 3.12 bits per heavy atom. The normalized spacial score (nSPS) is 19.8. The molecule has 3 rings (SSSR count). The highest BCUT2D eigenvalue weighted by Gasteiger charge is 2.19. The van der Waals surface area contributed by atoms with E-state index in [9.17, 15) is 5.11 Å². The molecule has 3 nitrogen and oxygen atoms in total. The first kappa shape index (κ1) is 10.5. The van der Waals surface area contributed by atoms with Crippen molar-refractivity contribution < 1.29 is 5.11 Å². The number of hydrogen-bond acceptors (Lipinski definition) is 3. The van der Waals surface area contributed by atoms with E-state index in [-0.39, 0.29) is 6.10 Å². The Bertz CT molecular complexity index is 520. The van der Waals surface area contributed by atoms with Crippen LogP contribution in [0, 0.1) is 0 Å². The van der Waals surface area contributed by atoms with E-state index >= 15 is 0 Å². The molecule has 3 heterocycles. The molecule has 1 unspecified atom stereocenters. The number of aromatic nitrogens is 2. The molecule has 0 aromatic carbocycles. The van der Waals surface area contributed by atoms with E-state index in [4.69, 9.17) is 0 Å². The molecule has 5 heteroatoms. The number of hydrogen-bond donors (Lipinski definition) is 1. The van der Waals surface area contributed by atoms with Crippen LogP contribution in [0.3, 0.4) is 0 Å². The van der Waals surface area contributed by atoms with Crippen molar-refractivity contribution in [1.29, 1.82) is 0 Å². The Kier molecular flexibility index (Phi) is 2.61. The van der Waals surface area contributed by atoms with Crippen LogP contribution >= 0.6 is 27.3 Å². The van der Waals surface area contributed by atoms with Gasteiger partial charge in [0.05, 0.1) is 20.5 Å². The highest BCUT2D eigenvalue weighted by molar-refractivity contribution is 9.11. The van der Waals surface area contributed by atoms with E-state index in [0.717, 1.165) is 28.3 Å². The summed E-state index contributed by atoms with van der Waals surface area (Å²) in [6.07, 6.45) is 3.36. The second-order valence-electron chi connectivity index (χ2n) is 3.99. The van der Waals surface area contributed by atoms with Crippen molar-refractivity contribution in [3.8, 4) is 10.6 Å². The molecule has 84 valence electrons. The summed E-state index contributed by atoms with van der Waals surface area (Å²) < 4.78 is 3.27.